The number of thioether (sulfide) groups is 1. The predicted octanol–water partition coefficient (Wildman–Crippen LogP) is 0.916. The Kier molecular flexibility index (Phi) is 6.90. The van der Waals surface area contributed by atoms with Gasteiger partial charge in [0, 0.05) is 29.2 Å². The SMILES string of the molecule is Nc1nc(N)c2nc(CN3CCSc4cc(C(=O)C(N)(CCCC(=O)O)C(=O)O)ccc43)cnc2n1. The first-order valence-electron chi connectivity index (χ1n) is 10.9. The first-order chi connectivity index (χ1) is 17.1. The Bertz CT molecular complexity index is 1370. The molecule has 1 aliphatic heterocycles. The van der Waals surface area contributed by atoms with Gasteiger partial charge in [-0.3, -0.25) is 9.59 Å². The summed E-state index contributed by atoms with van der Waals surface area (Å²) in [7, 11) is 0. The average Bonchev–Trinajstić information content (AvgIpc) is 2.83. The fourth-order valence-corrected chi connectivity index (χ4v) is 5.02. The van der Waals surface area contributed by atoms with E-state index in [1.165, 1.54) is 17.8 Å². The number of nitrogens with two attached hydrogens (primary N) is 3. The minimum atomic E-state index is -2.21. The second-order valence-electron chi connectivity index (χ2n) is 8.31. The monoisotopic (exact) mass is 512 g/mol. The van der Waals surface area contributed by atoms with Gasteiger partial charge >= 0.3 is 11.9 Å². The van der Waals surface area contributed by atoms with Gasteiger partial charge in [-0.1, -0.05) is 0 Å². The number of anilines is 3. The minimum absolute atomic E-state index is 0.0145. The van der Waals surface area contributed by atoms with E-state index < -0.39 is 23.3 Å². The largest absolute Gasteiger partial charge is 0.481 e. The Morgan fingerprint density at radius 1 is 1.14 bits per heavy atom. The number of carbonyl (C=O) groups is 3. The van der Waals surface area contributed by atoms with E-state index in [9.17, 15) is 19.5 Å². The van der Waals surface area contributed by atoms with E-state index in [0.717, 1.165) is 16.3 Å². The van der Waals surface area contributed by atoms with Gasteiger partial charge in [-0.25, -0.2) is 14.8 Å². The molecule has 8 N–H and O–H groups in total. The van der Waals surface area contributed by atoms with Crippen LogP contribution in [0.2, 0.25) is 0 Å². The number of hydrogen-bond acceptors (Lipinski definition) is 12. The third-order valence-corrected chi connectivity index (χ3v) is 6.81. The van der Waals surface area contributed by atoms with Crippen LogP contribution < -0.4 is 22.1 Å². The van der Waals surface area contributed by atoms with Crippen molar-refractivity contribution < 1.29 is 24.6 Å². The molecule has 1 unspecified atom stereocenters. The lowest BCUT2D eigenvalue weighted by Crippen LogP contribution is -2.55. The summed E-state index contributed by atoms with van der Waals surface area (Å²) in [4.78, 5) is 55.4. The van der Waals surface area contributed by atoms with Gasteiger partial charge in [0.1, 0.15) is 0 Å². The van der Waals surface area contributed by atoms with Crippen molar-refractivity contribution in [1.29, 1.82) is 0 Å². The zero-order valence-corrected chi connectivity index (χ0v) is 19.9. The number of fused-ring (bicyclic) bond motifs is 2. The van der Waals surface area contributed by atoms with Crippen LogP contribution in [-0.2, 0) is 16.1 Å². The highest BCUT2D eigenvalue weighted by Crippen LogP contribution is 2.37. The summed E-state index contributed by atoms with van der Waals surface area (Å²) in [5, 5.41) is 18.5. The van der Waals surface area contributed by atoms with Crippen LogP contribution in [0.1, 0.15) is 35.3 Å². The van der Waals surface area contributed by atoms with Gasteiger partial charge in [-0.15, -0.1) is 11.8 Å². The number of carbonyl (C=O) groups excluding carboxylic acids is 1. The van der Waals surface area contributed by atoms with Gasteiger partial charge in [0.05, 0.1) is 24.1 Å². The van der Waals surface area contributed by atoms with Crippen LogP contribution in [-0.4, -0.2) is 65.7 Å². The fraction of sp³-hybridized carbons (Fsp3) is 0.318. The molecule has 3 heterocycles. The van der Waals surface area contributed by atoms with E-state index >= 15 is 0 Å². The molecule has 13 nitrogen and oxygen atoms in total. The number of carboxylic acid groups (broad SMARTS) is 2. The Morgan fingerprint density at radius 3 is 2.64 bits per heavy atom. The lowest BCUT2D eigenvalue weighted by molar-refractivity contribution is -0.142. The third-order valence-electron chi connectivity index (χ3n) is 5.78. The smallest absolute Gasteiger partial charge is 0.331 e. The third kappa shape index (κ3) is 4.99. The molecule has 0 amide bonds. The molecule has 2 aromatic heterocycles. The van der Waals surface area contributed by atoms with Crippen LogP contribution in [0.15, 0.2) is 29.3 Å². The first-order valence-corrected chi connectivity index (χ1v) is 11.9. The van der Waals surface area contributed by atoms with Crippen LogP contribution >= 0.6 is 11.8 Å². The van der Waals surface area contributed by atoms with Crippen LogP contribution in [0, 0.1) is 0 Å². The number of carboxylic acids is 2. The highest BCUT2D eigenvalue weighted by Gasteiger charge is 2.42. The van der Waals surface area contributed by atoms with E-state index in [0.29, 0.717) is 29.9 Å². The highest BCUT2D eigenvalue weighted by molar-refractivity contribution is 7.99. The number of nitrogens with zero attached hydrogens (tertiary/aromatic N) is 5. The van der Waals surface area contributed by atoms with E-state index in [4.69, 9.17) is 22.3 Å². The maximum atomic E-state index is 13.1. The van der Waals surface area contributed by atoms with E-state index in [1.807, 2.05) is 0 Å². The second kappa shape index (κ2) is 9.91. The van der Waals surface area contributed by atoms with Crippen LogP contribution in [0.25, 0.3) is 11.2 Å². The number of rotatable bonds is 9. The standard InChI is InChI=1S/C22H24N8O5S/c23-18-16-19(29-21(24)28-18)26-9-12(27-16)10-30-6-7-36-14-8-11(3-4-13(14)30)17(33)22(25,20(34)35)5-1-2-15(31)32/h3-4,8-9H,1-2,5-7,10,25H2,(H,31,32)(H,34,35)(H4,23,24,26,28,29). The number of Topliss-reactive ketones (excluding diaryl/α,β-unsaturated/α-hetero) is 1. The molecule has 0 radical (unpaired) electrons. The zero-order chi connectivity index (χ0) is 26.0. The fourth-order valence-electron chi connectivity index (χ4n) is 3.93. The van der Waals surface area contributed by atoms with Crippen molar-refractivity contribution >= 4 is 58.1 Å². The highest BCUT2D eigenvalue weighted by atomic mass is 32.2. The molecule has 0 saturated carbocycles. The van der Waals surface area contributed by atoms with Crippen molar-refractivity contribution in [2.75, 3.05) is 28.7 Å². The lowest BCUT2D eigenvalue weighted by atomic mass is 9.85. The molecule has 0 bridgehead atoms. The molecule has 1 aliphatic rings. The average molecular weight is 513 g/mol. The summed E-state index contributed by atoms with van der Waals surface area (Å²) in [5.74, 6) is -2.48. The van der Waals surface area contributed by atoms with Crippen molar-refractivity contribution in [3.05, 3.63) is 35.7 Å². The van der Waals surface area contributed by atoms with Crippen molar-refractivity contribution in [3.63, 3.8) is 0 Å². The van der Waals surface area contributed by atoms with Gasteiger partial charge in [-0.05, 0) is 31.0 Å². The molecule has 36 heavy (non-hydrogen) atoms. The van der Waals surface area contributed by atoms with Gasteiger partial charge in [0.15, 0.2) is 28.3 Å². The molecule has 4 rings (SSSR count). The quantitative estimate of drug-likeness (QED) is 0.198. The first kappa shape index (κ1) is 25.1. The van der Waals surface area contributed by atoms with Crippen molar-refractivity contribution in [1.82, 2.24) is 19.9 Å². The summed E-state index contributed by atoms with van der Waals surface area (Å²) in [6, 6.07) is 4.89. The van der Waals surface area contributed by atoms with Crippen molar-refractivity contribution in [2.45, 2.75) is 36.2 Å². The predicted molar refractivity (Wildman–Crippen MR) is 133 cm³/mol. The van der Waals surface area contributed by atoms with Gasteiger partial charge in [0.2, 0.25) is 5.95 Å². The minimum Gasteiger partial charge on any atom is -0.481 e. The molecule has 14 heteroatoms. The maximum Gasteiger partial charge on any atom is 0.331 e. The topological polar surface area (TPSA) is 225 Å². The maximum absolute atomic E-state index is 13.1. The van der Waals surface area contributed by atoms with E-state index in [2.05, 4.69) is 24.8 Å². The van der Waals surface area contributed by atoms with Crippen LogP contribution in [0.5, 0.6) is 0 Å². The molecule has 0 fully saturated rings. The molecule has 188 valence electrons. The summed E-state index contributed by atoms with van der Waals surface area (Å²) in [6.07, 6.45) is 0.979. The Morgan fingerprint density at radius 2 is 1.92 bits per heavy atom. The molecular weight excluding hydrogens is 488 g/mol. The van der Waals surface area contributed by atoms with Gasteiger partial charge < -0.3 is 32.3 Å². The molecule has 1 aromatic carbocycles. The number of aliphatic carboxylic acids is 2. The number of aromatic nitrogens is 4. The molecule has 0 aliphatic carbocycles. The summed E-state index contributed by atoms with van der Waals surface area (Å²) < 4.78 is 0. The number of benzene rings is 1. The van der Waals surface area contributed by atoms with Crippen molar-refractivity contribution in [3.8, 4) is 0 Å². The normalized spacial score (nSPS) is 14.8. The van der Waals surface area contributed by atoms with E-state index in [-0.39, 0.29) is 36.6 Å². The second-order valence-corrected chi connectivity index (χ2v) is 9.44. The number of ketones is 1. The zero-order valence-electron chi connectivity index (χ0n) is 19.0. The Hall–Kier alpha value is -4.04. The summed E-state index contributed by atoms with van der Waals surface area (Å²) in [5.41, 5.74) is 17.6. The number of nitrogen functional groups attached to an aromatic ring is 2. The molecule has 1 atom stereocenters. The van der Waals surface area contributed by atoms with Crippen LogP contribution in [0.3, 0.4) is 0 Å². The lowest BCUT2D eigenvalue weighted by Gasteiger charge is -2.31. The number of hydrogen-bond donors (Lipinski definition) is 5. The molecular formula is C22H24N8O5S. The van der Waals surface area contributed by atoms with Gasteiger partial charge in [-0.2, -0.15) is 9.97 Å². The molecule has 0 saturated heterocycles. The van der Waals surface area contributed by atoms with Crippen molar-refractivity contribution in [2.24, 2.45) is 5.73 Å². The Balaban J connectivity index is 1.57. The summed E-state index contributed by atoms with van der Waals surface area (Å²) >= 11 is 1.53. The van der Waals surface area contributed by atoms with E-state index in [1.54, 1.807) is 18.3 Å². The van der Waals surface area contributed by atoms with Crippen LogP contribution in [0.4, 0.5) is 17.5 Å². The van der Waals surface area contributed by atoms with Gasteiger partial charge in [0.25, 0.3) is 0 Å². The molecule has 0 spiro atoms. The molecule has 3 aromatic rings. The Labute approximate surface area is 209 Å². The summed E-state index contributed by atoms with van der Waals surface area (Å²) in [6.45, 7) is 1.10.